The molecule has 0 saturated heterocycles. The molecule has 4 heteroatoms. The molecular weight excluding hydrogens is 258 g/mol. The van der Waals surface area contributed by atoms with E-state index < -0.39 is 0 Å². The first kappa shape index (κ1) is 15.7. The van der Waals surface area contributed by atoms with Gasteiger partial charge in [-0.2, -0.15) is 17.9 Å². The molecule has 1 unspecified atom stereocenters. The smallest absolute Gasteiger partial charge is 0.124 e. The Morgan fingerprint density at radius 3 is 2.37 bits per heavy atom. The first-order valence-electron chi connectivity index (χ1n) is 6.23. The van der Waals surface area contributed by atoms with Crippen LogP contribution in [0.4, 0.5) is 0 Å². The average Bonchev–Trinajstić information content (AvgIpc) is 2.37. The second kappa shape index (κ2) is 6.72. The fourth-order valence-corrected chi connectivity index (χ4v) is 2.26. The van der Waals surface area contributed by atoms with E-state index in [2.05, 4.69) is 39.5 Å². The van der Waals surface area contributed by atoms with Crippen LogP contribution in [0.5, 0.6) is 11.5 Å². The summed E-state index contributed by atoms with van der Waals surface area (Å²) in [6.07, 6.45) is 0. The van der Waals surface area contributed by atoms with Crippen molar-refractivity contribution < 1.29 is 9.47 Å². The topological polar surface area (TPSA) is 42.2 Å². The molecule has 0 saturated carbocycles. The number of hydrogen-bond donors (Lipinski definition) is 1. The molecular formula is C15H21NO2S. The van der Waals surface area contributed by atoms with E-state index in [9.17, 15) is 0 Å². The lowest BCUT2D eigenvalue weighted by molar-refractivity contribution is 0.165. The van der Waals surface area contributed by atoms with Crippen molar-refractivity contribution in [3.05, 3.63) is 23.8 Å². The largest absolute Gasteiger partial charge is 0.497 e. The normalized spacial score (nSPS) is 12.6. The van der Waals surface area contributed by atoms with Gasteiger partial charge in [0.2, 0.25) is 0 Å². The number of ether oxygens (including phenoxy) is 2. The summed E-state index contributed by atoms with van der Waals surface area (Å²) in [5, 5.41) is 8.96. The van der Waals surface area contributed by atoms with Gasteiger partial charge in [0, 0.05) is 12.0 Å². The lowest BCUT2D eigenvalue weighted by atomic mass is 9.82. The number of nitrogens with zero attached hydrogens (tertiary/aromatic N) is 1. The van der Waals surface area contributed by atoms with Crippen molar-refractivity contribution >= 4 is 12.6 Å². The van der Waals surface area contributed by atoms with E-state index in [0.29, 0.717) is 29.6 Å². The van der Waals surface area contributed by atoms with E-state index >= 15 is 0 Å². The zero-order chi connectivity index (χ0) is 14.5. The van der Waals surface area contributed by atoms with Gasteiger partial charge in [-0.15, -0.1) is 0 Å². The Hall–Kier alpha value is -1.34. The average molecular weight is 279 g/mol. The summed E-state index contributed by atoms with van der Waals surface area (Å²) < 4.78 is 10.9. The predicted octanol–water partition coefficient (Wildman–Crippen LogP) is 3.54. The summed E-state index contributed by atoms with van der Waals surface area (Å²) in [5.74, 6) is 2.39. The molecule has 0 amide bonds. The third-order valence-corrected chi connectivity index (χ3v) is 3.58. The summed E-state index contributed by atoms with van der Waals surface area (Å²) in [5.41, 5.74) is 0.672. The van der Waals surface area contributed by atoms with Gasteiger partial charge in [-0.1, -0.05) is 20.8 Å². The SMILES string of the molecule is COc1cc(C#N)cc(OCC(CS)C(C)(C)C)c1. The molecule has 104 valence electrons. The Kier molecular flexibility index (Phi) is 5.56. The Balaban J connectivity index is 2.80. The predicted molar refractivity (Wildman–Crippen MR) is 80.0 cm³/mol. The lowest BCUT2D eigenvalue weighted by Crippen LogP contribution is -2.28. The molecule has 0 radical (unpaired) electrons. The lowest BCUT2D eigenvalue weighted by Gasteiger charge is -2.29. The molecule has 0 aliphatic carbocycles. The van der Waals surface area contributed by atoms with Gasteiger partial charge in [0.25, 0.3) is 0 Å². The standard InChI is InChI=1S/C15H21NO2S/c1-15(2,3)12(10-19)9-18-14-6-11(8-16)5-13(7-14)17-4/h5-7,12,19H,9-10H2,1-4H3. The molecule has 0 bridgehead atoms. The molecule has 0 heterocycles. The van der Waals surface area contributed by atoms with Crippen molar-refractivity contribution in [3.63, 3.8) is 0 Å². The highest BCUT2D eigenvalue weighted by molar-refractivity contribution is 7.80. The van der Waals surface area contributed by atoms with Crippen LogP contribution in [0.3, 0.4) is 0 Å². The van der Waals surface area contributed by atoms with Gasteiger partial charge >= 0.3 is 0 Å². The monoisotopic (exact) mass is 279 g/mol. The van der Waals surface area contributed by atoms with Gasteiger partial charge in [-0.3, -0.25) is 0 Å². The van der Waals surface area contributed by atoms with Gasteiger partial charge in [-0.25, -0.2) is 0 Å². The third-order valence-electron chi connectivity index (χ3n) is 3.14. The highest BCUT2D eigenvalue weighted by atomic mass is 32.1. The van der Waals surface area contributed by atoms with E-state index in [1.165, 1.54) is 0 Å². The molecule has 0 spiro atoms. The summed E-state index contributed by atoms with van der Waals surface area (Å²) in [6, 6.07) is 7.30. The maximum absolute atomic E-state index is 8.96. The van der Waals surface area contributed by atoms with Crippen molar-refractivity contribution in [2.75, 3.05) is 19.5 Å². The molecule has 3 nitrogen and oxygen atoms in total. The van der Waals surface area contributed by atoms with Crippen LogP contribution in [0.2, 0.25) is 0 Å². The summed E-state index contributed by atoms with van der Waals surface area (Å²) >= 11 is 4.38. The third kappa shape index (κ3) is 4.68. The van der Waals surface area contributed by atoms with E-state index in [1.54, 1.807) is 25.3 Å². The molecule has 0 aromatic heterocycles. The molecule has 0 aliphatic heterocycles. The van der Waals surface area contributed by atoms with Crippen LogP contribution in [0.25, 0.3) is 0 Å². The molecule has 0 N–H and O–H groups in total. The van der Waals surface area contributed by atoms with Crippen LogP contribution in [0.1, 0.15) is 26.3 Å². The Morgan fingerprint density at radius 1 is 1.26 bits per heavy atom. The highest BCUT2D eigenvalue weighted by Crippen LogP contribution is 2.29. The highest BCUT2D eigenvalue weighted by Gasteiger charge is 2.24. The molecule has 1 aromatic rings. The number of hydrogen-bond acceptors (Lipinski definition) is 4. The van der Waals surface area contributed by atoms with E-state index in [4.69, 9.17) is 14.7 Å². The minimum absolute atomic E-state index is 0.138. The van der Waals surface area contributed by atoms with Crippen LogP contribution in [0.15, 0.2) is 18.2 Å². The zero-order valence-electron chi connectivity index (χ0n) is 11.9. The Bertz CT molecular complexity index is 460. The molecule has 0 fully saturated rings. The molecule has 1 atom stereocenters. The van der Waals surface area contributed by atoms with Gasteiger partial charge in [0.1, 0.15) is 11.5 Å². The van der Waals surface area contributed by atoms with Crippen molar-refractivity contribution in [3.8, 4) is 17.6 Å². The van der Waals surface area contributed by atoms with E-state index in [1.807, 2.05) is 0 Å². The van der Waals surface area contributed by atoms with Gasteiger partial charge in [0.05, 0.1) is 25.3 Å². The fraction of sp³-hybridized carbons (Fsp3) is 0.533. The maximum atomic E-state index is 8.96. The maximum Gasteiger partial charge on any atom is 0.124 e. The number of rotatable bonds is 5. The number of nitriles is 1. The first-order chi connectivity index (χ1) is 8.90. The Morgan fingerprint density at radius 2 is 1.89 bits per heavy atom. The number of methoxy groups -OCH3 is 1. The van der Waals surface area contributed by atoms with Crippen LogP contribution in [-0.4, -0.2) is 19.5 Å². The number of benzene rings is 1. The van der Waals surface area contributed by atoms with Gasteiger partial charge < -0.3 is 9.47 Å². The quantitative estimate of drug-likeness (QED) is 0.838. The molecule has 0 aliphatic rings. The number of thiol groups is 1. The second-order valence-electron chi connectivity index (χ2n) is 5.57. The minimum atomic E-state index is 0.138. The molecule has 1 aromatic carbocycles. The zero-order valence-corrected chi connectivity index (χ0v) is 12.8. The first-order valence-corrected chi connectivity index (χ1v) is 6.86. The van der Waals surface area contributed by atoms with Crippen LogP contribution in [0, 0.1) is 22.7 Å². The van der Waals surface area contributed by atoms with E-state index in [-0.39, 0.29) is 5.41 Å². The van der Waals surface area contributed by atoms with Crippen LogP contribution in [-0.2, 0) is 0 Å². The second-order valence-corrected chi connectivity index (χ2v) is 5.93. The summed E-state index contributed by atoms with van der Waals surface area (Å²) in [4.78, 5) is 0. The van der Waals surface area contributed by atoms with Crippen LogP contribution < -0.4 is 9.47 Å². The van der Waals surface area contributed by atoms with Crippen LogP contribution >= 0.6 is 12.6 Å². The van der Waals surface area contributed by atoms with Crippen molar-refractivity contribution in [2.24, 2.45) is 11.3 Å². The van der Waals surface area contributed by atoms with Crippen molar-refractivity contribution in [1.29, 1.82) is 5.26 Å². The summed E-state index contributed by atoms with van der Waals surface area (Å²) in [7, 11) is 1.58. The fourth-order valence-electron chi connectivity index (χ4n) is 1.61. The minimum Gasteiger partial charge on any atom is -0.497 e. The Labute approximate surface area is 120 Å². The van der Waals surface area contributed by atoms with Crippen molar-refractivity contribution in [1.82, 2.24) is 0 Å². The molecule has 1 rings (SSSR count). The van der Waals surface area contributed by atoms with Crippen molar-refractivity contribution in [2.45, 2.75) is 20.8 Å². The summed E-state index contributed by atoms with van der Waals surface area (Å²) in [6.45, 7) is 7.08. The van der Waals surface area contributed by atoms with Gasteiger partial charge in [-0.05, 0) is 23.3 Å². The van der Waals surface area contributed by atoms with Gasteiger partial charge in [0.15, 0.2) is 0 Å². The van der Waals surface area contributed by atoms with E-state index in [0.717, 1.165) is 5.75 Å². The molecule has 19 heavy (non-hydrogen) atoms.